The highest BCUT2D eigenvalue weighted by Crippen LogP contribution is 2.38. The van der Waals surface area contributed by atoms with Crippen molar-refractivity contribution in [3.8, 4) is 21.7 Å². The fraction of sp³-hybridized carbons (Fsp3) is 0.208. The highest BCUT2D eigenvalue weighted by Gasteiger charge is 2.12. The van der Waals surface area contributed by atoms with E-state index in [9.17, 15) is 0 Å². The Morgan fingerprint density at radius 1 is 0.692 bits per heavy atom. The number of aryl methyl sites for hydroxylation is 5. The minimum atomic E-state index is 1.05. The Bertz CT molecular complexity index is 1090. The van der Waals surface area contributed by atoms with E-state index in [1.54, 1.807) is 0 Å². The molecule has 4 aromatic rings. The summed E-state index contributed by atoms with van der Waals surface area (Å²) >= 11 is 1.83. The second-order valence-electron chi connectivity index (χ2n) is 7.37. The van der Waals surface area contributed by atoms with Crippen molar-refractivity contribution in [3.05, 3.63) is 76.5 Å². The zero-order chi connectivity index (χ0) is 18.4. The molecule has 0 saturated heterocycles. The van der Waals surface area contributed by atoms with E-state index >= 15 is 0 Å². The molecular formula is C24H23NS. The van der Waals surface area contributed by atoms with Gasteiger partial charge in [-0.1, -0.05) is 34.9 Å². The summed E-state index contributed by atoms with van der Waals surface area (Å²) in [6.07, 6.45) is 2.02. The summed E-state index contributed by atoms with van der Waals surface area (Å²) in [6.45, 7) is 10.9. The minimum absolute atomic E-state index is 1.05. The van der Waals surface area contributed by atoms with E-state index in [1.807, 2.05) is 17.5 Å². The van der Waals surface area contributed by atoms with Crippen LogP contribution in [0.1, 0.15) is 27.8 Å². The van der Waals surface area contributed by atoms with Crippen LogP contribution in [0.2, 0.25) is 0 Å². The maximum absolute atomic E-state index is 4.74. The maximum atomic E-state index is 4.74. The second kappa shape index (κ2) is 6.37. The molecule has 2 aromatic heterocycles. The summed E-state index contributed by atoms with van der Waals surface area (Å²) < 4.78 is 1.24. The monoisotopic (exact) mass is 357 g/mol. The molecule has 0 bridgehead atoms. The Morgan fingerprint density at radius 3 is 1.96 bits per heavy atom. The van der Waals surface area contributed by atoms with Gasteiger partial charge in [0.1, 0.15) is 0 Å². The Labute approximate surface area is 159 Å². The molecule has 130 valence electrons. The van der Waals surface area contributed by atoms with Crippen molar-refractivity contribution in [3.63, 3.8) is 0 Å². The van der Waals surface area contributed by atoms with Crippen LogP contribution in [0.15, 0.2) is 48.7 Å². The van der Waals surface area contributed by atoms with Gasteiger partial charge >= 0.3 is 0 Å². The van der Waals surface area contributed by atoms with Gasteiger partial charge in [0, 0.05) is 16.6 Å². The summed E-state index contributed by atoms with van der Waals surface area (Å²) in [5.74, 6) is 0. The van der Waals surface area contributed by atoms with Gasteiger partial charge in [-0.15, -0.1) is 11.3 Å². The first-order valence-corrected chi connectivity index (χ1v) is 9.79. The number of benzene rings is 2. The van der Waals surface area contributed by atoms with Crippen LogP contribution in [0, 0.1) is 34.6 Å². The van der Waals surface area contributed by atoms with Crippen LogP contribution >= 0.6 is 11.3 Å². The Balaban J connectivity index is 1.84. The lowest BCUT2D eigenvalue weighted by molar-refractivity contribution is 1.33. The fourth-order valence-corrected chi connectivity index (χ4v) is 5.11. The largest absolute Gasteiger partial charge is 0.255 e. The third-order valence-corrected chi connectivity index (χ3v) is 5.95. The first-order chi connectivity index (χ1) is 12.4. The lowest BCUT2D eigenvalue weighted by Gasteiger charge is -2.09. The molecule has 2 heteroatoms. The van der Waals surface area contributed by atoms with Gasteiger partial charge in [0.15, 0.2) is 0 Å². The standard InChI is InChI=1S/C24H23NS/c1-14-6-15(2)10-19(9-14)21-11-20-12-22(26-23(20)13-25-21)24-17(4)7-16(3)8-18(24)5/h6-13H,1-5H3. The summed E-state index contributed by atoms with van der Waals surface area (Å²) in [5.41, 5.74) is 10.2. The first kappa shape index (κ1) is 17.0. The van der Waals surface area contributed by atoms with Crippen LogP contribution in [0.25, 0.3) is 31.8 Å². The smallest absolute Gasteiger partial charge is 0.0709 e. The molecule has 0 aliphatic rings. The summed E-state index contributed by atoms with van der Waals surface area (Å²) in [6, 6.07) is 15.7. The molecule has 0 amide bonds. The highest BCUT2D eigenvalue weighted by molar-refractivity contribution is 7.22. The average Bonchev–Trinajstić information content (AvgIpc) is 2.95. The Kier molecular flexibility index (Phi) is 4.16. The number of fused-ring (bicyclic) bond motifs is 1. The number of rotatable bonds is 2. The lowest BCUT2D eigenvalue weighted by atomic mass is 9.98. The summed E-state index contributed by atoms with van der Waals surface area (Å²) in [4.78, 5) is 6.06. The van der Waals surface area contributed by atoms with E-state index in [4.69, 9.17) is 4.98 Å². The zero-order valence-electron chi connectivity index (χ0n) is 16.0. The molecule has 0 aliphatic heterocycles. The fourth-order valence-electron chi connectivity index (χ4n) is 3.92. The number of aromatic nitrogens is 1. The number of thiophene rings is 1. The van der Waals surface area contributed by atoms with Gasteiger partial charge in [-0.05, 0) is 81.0 Å². The molecule has 0 fully saturated rings. The predicted molar refractivity (Wildman–Crippen MR) is 114 cm³/mol. The van der Waals surface area contributed by atoms with Crippen LogP contribution in [-0.2, 0) is 0 Å². The van der Waals surface area contributed by atoms with Crippen LogP contribution in [0.5, 0.6) is 0 Å². The zero-order valence-corrected chi connectivity index (χ0v) is 16.8. The van der Waals surface area contributed by atoms with Crippen molar-refractivity contribution in [1.82, 2.24) is 4.98 Å². The van der Waals surface area contributed by atoms with Gasteiger partial charge in [0.05, 0.1) is 10.4 Å². The van der Waals surface area contributed by atoms with Gasteiger partial charge in [-0.25, -0.2) is 0 Å². The van der Waals surface area contributed by atoms with Gasteiger partial charge in [-0.3, -0.25) is 4.98 Å². The molecule has 0 atom stereocenters. The number of nitrogens with zero attached hydrogens (tertiary/aromatic N) is 1. The molecule has 2 heterocycles. The molecule has 0 spiro atoms. The van der Waals surface area contributed by atoms with Crippen molar-refractivity contribution in [1.29, 1.82) is 0 Å². The predicted octanol–water partition coefficient (Wildman–Crippen LogP) is 7.17. The van der Waals surface area contributed by atoms with Gasteiger partial charge in [-0.2, -0.15) is 0 Å². The van der Waals surface area contributed by atoms with Crippen molar-refractivity contribution in [2.24, 2.45) is 0 Å². The number of pyridine rings is 1. The summed E-state index contributed by atoms with van der Waals surface area (Å²) in [5, 5.41) is 1.27. The quantitative estimate of drug-likeness (QED) is 0.370. The third kappa shape index (κ3) is 3.06. The van der Waals surface area contributed by atoms with E-state index in [2.05, 4.69) is 77.1 Å². The number of hydrogen-bond donors (Lipinski definition) is 0. The van der Waals surface area contributed by atoms with E-state index in [0.717, 1.165) is 5.69 Å². The number of hydrogen-bond acceptors (Lipinski definition) is 2. The average molecular weight is 358 g/mol. The van der Waals surface area contributed by atoms with Gasteiger partial charge < -0.3 is 0 Å². The minimum Gasteiger partial charge on any atom is -0.255 e. The molecule has 0 aliphatic carbocycles. The molecule has 0 radical (unpaired) electrons. The van der Waals surface area contributed by atoms with Crippen molar-refractivity contribution in [2.45, 2.75) is 34.6 Å². The van der Waals surface area contributed by atoms with Crippen LogP contribution in [0.4, 0.5) is 0 Å². The van der Waals surface area contributed by atoms with Crippen LogP contribution in [-0.4, -0.2) is 4.98 Å². The van der Waals surface area contributed by atoms with Crippen LogP contribution in [0.3, 0.4) is 0 Å². The van der Waals surface area contributed by atoms with Gasteiger partial charge in [0.25, 0.3) is 0 Å². The molecule has 4 rings (SSSR count). The molecule has 2 aromatic carbocycles. The SMILES string of the molecule is Cc1cc(C)cc(-c2cc3cc(-c4c(C)cc(C)cc4C)sc3cn2)c1. The molecule has 1 nitrogen and oxygen atoms in total. The molecule has 26 heavy (non-hydrogen) atoms. The lowest BCUT2D eigenvalue weighted by Crippen LogP contribution is -1.87. The molecule has 0 unspecified atom stereocenters. The van der Waals surface area contributed by atoms with Crippen molar-refractivity contribution >= 4 is 21.4 Å². The highest BCUT2D eigenvalue weighted by atomic mass is 32.1. The molecule has 0 saturated carbocycles. The topological polar surface area (TPSA) is 12.9 Å². The van der Waals surface area contributed by atoms with Crippen molar-refractivity contribution in [2.75, 3.05) is 0 Å². The van der Waals surface area contributed by atoms with Gasteiger partial charge in [0.2, 0.25) is 0 Å². The first-order valence-electron chi connectivity index (χ1n) is 8.97. The molecule has 0 N–H and O–H groups in total. The normalized spacial score (nSPS) is 11.3. The van der Waals surface area contributed by atoms with Crippen molar-refractivity contribution < 1.29 is 0 Å². The second-order valence-corrected chi connectivity index (χ2v) is 8.45. The Hall–Kier alpha value is -2.45. The third-order valence-electron chi connectivity index (χ3n) is 4.85. The Morgan fingerprint density at radius 2 is 1.31 bits per heavy atom. The van der Waals surface area contributed by atoms with Crippen LogP contribution < -0.4 is 0 Å². The van der Waals surface area contributed by atoms with E-state index in [0.29, 0.717) is 0 Å². The van der Waals surface area contributed by atoms with E-state index in [1.165, 1.54) is 53.9 Å². The van der Waals surface area contributed by atoms with E-state index < -0.39 is 0 Å². The maximum Gasteiger partial charge on any atom is 0.0709 e. The van der Waals surface area contributed by atoms with E-state index in [-0.39, 0.29) is 0 Å². The molecular weight excluding hydrogens is 334 g/mol. The summed E-state index contributed by atoms with van der Waals surface area (Å²) in [7, 11) is 0.